The Bertz CT molecular complexity index is 267. The number of carbonyl (C=O) groups excluding carboxylic acids is 1. The van der Waals surface area contributed by atoms with Crippen LogP contribution in [0.1, 0.15) is 32.1 Å². The maximum Gasteiger partial charge on any atom is 0.328 e. The maximum atomic E-state index is 11.5. The fourth-order valence-electron chi connectivity index (χ4n) is 1.91. The van der Waals surface area contributed by atoms with Crippen LogP contribution in [0.25, 0.3) is 0 Å². The summed E-state index contributed by atoms with van der Waals surface area (Å²) >= 11 is 0. The minimum absolute atomic E-state index is 0.218. The number of carbonyl (C=O) groups is 2. The van der Waals surface area contributed by atoms with Crippen LogP contribution in [-0.4, -0.2) is 35.0 Å². The molecule has 0 unspecified atom stereocenters. The van der Waals surface area contributed by atoms with Gasteiger partial charge in [-0.15, -0.1) is 0 Å². The van der Waals surface area contributed by atoms with Crippen molar-refractivity contribution in [1.29, 1.82) is 0 Å². The lowest BCUT2D eigenvalue weighted by atomic mass is 9.94. The highest BCUT2D eigenvalue weighted by atomic mass is 16.4. The first kappa shape index (κ1) is 11.8. The molecule has 1 saturated carbocycles. The van der Waals surface area contributed by atoms with E-state index >= 15 is 0 Å². The molecule has 0 saturated heterocycles. The van der Waals surface area contributed by atoms with Crippen molar-refractivity contribution in [3.63, 3.8) is 0 Å². The number of amides is 1. The molecule has 0 aromatic rings. The Morgan fingerprint density at radius 2 is 1.80 bits per heavy atom. The molecule has 0 heterocycles. The van der Waals surface area contributed by atoms with Gasteiger partial charge in [0.15, 0.2) is 0 Å². The van der Waals surface area contributed by atoms with Crippen LogP contribution in [0.2, 0.25) is 0 Å². The van der Waals surface area contributed by atoms with Crippen LogP contribution >= 0.6 is 0 Å². The van der Waals surface area contributed by atoms with Gasteiger partial charge in [-0.2, -0.15) is 0 Å². The van der Waals surface area contributed by atoms with Crippen LogP contribution in [0, 0.1) is 0 Å². The molecule has 1 aliphatic carbocycles. The van der Waals surface area contributed by atoms with Crippen molar-refractivity contribution in [2.45, 2.75) is 38.1 Å². The largest absolute Gasteiger partial charge is 0.478 e. The molecule has 1 fully saturated rings. The van der Waals surface area contributed by atoms with Crippen molar-refractivity contribution in [2.75, 3.05) is 7.05 Å². The summed E-state index contributed by atoms with van der Waals surface area (Å²) in [5.41, 5.74) is 0. The molecular weight excluding hydrogens is 194 g/mol. The van der Waals surface area contributed by atoms with Gasteiger partial charge in [-0.3, -0.25) is 4.79 Å². The fraction of sp³-hybridized carbons (Fsp3) is 0.636. The molecule has 0 atom stereocenters. The molecule has 0 radical (unpaired) electrons. The van der Waals surface area contributed by atoms with Crippen molar-refractivity contribution in [2.24, 2.45) is 0 Å². The van der Waals surface area contributed by atoms with Crippen LogP contribution in [-0.2, 0) is 9.59 Å². The van der Waals surface area contributed by atoms with Crippen molar-refractivity contribution < 1.29 is 14.7 Å². The lowest BCUT2D eigenvalue weighted by molar-refractivity contribution is -0.132. The second-order valence-electron chi connectivity index (χ2n) is 3.91. The lowest BCUT2D eigenvalue weighted by Gasteiger charge is -2.30. The summed E-state index contributed by atoms with van der Waals surface area (Å²) in [6, 6.07) is 0.282. The van der Waals surface area contributed by atoms with Crippen LogP contribution in [0.15, 0.2) is 12.2 Å². The second-order valence-corrected chi connectivity index (χ2v) is 3.91. The van der Waals surface area contributed by atoms with E-state index in [9.17, 15) is 9.59 Å². The predicted octanol–water partition coefficient (Wildman–Crippen LogP) is 1.42. The molecular formula is C11H17NO3. The molecule has 84 valence electrons. The number of aliphatic carboxylic acids is 1. The number of hydrogen-bond acceptors (Lipinski definition) is 2. The smallest absolute Gasteiger partial charge is 0.328 e. The van der Waals surface area contributed by atoms with Crippen molar-refractivity contribution in [3.8, 4) is 0 Å². The minimum Gasteiger partial charge on any atom is -0.478 e. The molecule has 15 heavy (non-hydrogen) atoms. The molecule has 0 spiro atoms. The summed E-state index contributed by atoms with van der Waals surface area (Å²) in [4.78, 5) is 23.4. The second kappa shape index (κ2) is 5.53. The van der Waals surface area contributed by atoms with Crippen molar-refractivity contribution in [3.05, 3.63) is 12.2 Å². The van der Waals surface area contributed by atoms with Gasteiger partial charge in [-0.05, 0) is 12.8 Å². The zero-order valence-corrected chi connectivity index (χ0v) is 8.98. The van der Waals surface area contributed by atoms with E-state index in [1.807, 2.05) is 0 Å². The summed E-state index contributed by atoms with van der Waals surface area (Å²) in [5, 5.41) is 8.40. The van der Waals surface area contributed by atoms with Crippen molar-refractivity contribution in [1.82, 2.24) is 4.90 Å². The molecule has 1 N–H and O–H groups in total. The molecule has 0 aliphatic heterocycles. The van der Waals surface area contributed by atoms with Gasteiger partial charge in [0.05, 0.1) is 0 Å². The first-order valence-electron chi connectivity index (χ1n) is 5.29. The van der Waals surface area contributed by atoms with Gasteiger partial charge in [0.25, 0.3) is 0 Å². The van der Waals surface area contributed by atoms with Gasteiger partial charge in [0.1, 0.15) is 0 Å². The monoisotopic (exact) mass is 211 g/mol. The van der Waals surface area contributed by atoms with E-state index in [2.05, 4.69) is 0 Å². The zero-order valence-electron chi connectivity index (χ0n) is 8.98. The predicted molar refractivity (Wildman–Crippen MR) is 56.4 cm³/mol. The van der Waals surface area contributed by atoms with Gasteiger partial charge in [0.2, 0.25) is 5.91 Å². The van der Waals surface area contributed by atoms with Crippen LogP contribution in [0.3, 0.4) is 0 Å². The number of nitrogens with zero attached hydrogens (tertiary/aromatic N) is 1. The topological polar surface area (TPSA) is 57.6 Å². The zero-order chi connectivity index (χ0) is 11.3. The SMILES string of the molecule is CN(C(=O)/C=C/C(=O)O)C1CCCCC1. The normalized spacial score (nSPS) is 17.9. The van der Waals surface area contributed by atoms with Crippen LogP contribution in [0.5, 0.6) is 0 Å². The fourth-order valence-corrected chi connectivity index (χ4v) is 1.91. The Kier molecular flexibility index (Phi) is 4.34. The Labute approximate surface area is 89.6 Å². The summed E-state index contributed by atoms with van der Waals surface area (Å²) < 4.78 is 0. The van der Waals surface area contributed by atoms with E-state index in [1.165, 1.54) is 6.42 Å². The van der Waals surface area contributed by atoms with E-state index in [-0.39, 0.29) is 11.9 Å². The first-order chi connectivity index (χ1) is 7.11. The molecule has 4 heteroatoms. The van der Waals surface area contributed by atoms with Crippen molar-refractivity contribution >= 4 is 11.9 Å². The number of likely N-dealkylation sites (N-methyl/N-ethyl adjacent to an activating group) is 1. The highest BCUT2D eigenvalue weighted by molar-refractivity contribution is 5.93. The van der Waals surface area contributed by atoms with Gasteiger partial charge < -0.3 is 10.0 Å². The van der Waals surface area contributed by atoms with E-state index in [1.54, 1.807) is 11.9 Å². The average molecular weight is 211 g/mol. The standard InChI is InChI=1S/C11H17NO3/c1-12(9-5-3-2-4-6-9)10(13)7-8-11(14)15/h7-9H,2-6H2,1H3,(H,14,15)/b8-7+. The Hall–Kier alpha value is -1.32. The Morgan fingerprint density at radius 3 is 2.33 bits per heavy atom. The summed E-state index contributed by atoms with van der Waals surface area (Å²) in [6.45, 7) is 0. The summed E-state index contributed by atoms with van der Waals surface area (Å²) in [7, 11) is 1.74. The number of carboxylic acids is 1. The van der Waals surface area contributed by atoms with E-state index in [0.717, 1.165) is 37.8 Å². The van der Waals surface area contributed by atoms with Gasteiger partial charge in [-0.25, -0.2) is 4.79 Å². The first-order valence-corrected chi connectivity index (χ1v) is 5.29. The number of hydrogen-bond donors (Lipinski definition) is 1. The van der Waals surface area contributed by atoms with Gasteiger partial charge in [0, 0.05) is 25.2 Å². The number of carboxylic acid groups (broad SMARTS) is 1. The molecule has 0 aromatic heterocycles. The summed E-state index contributed by atoms with van der Waals surface area (Å²) in [5.74, 6) is -1.30. The molecule has 4 nitrogen and oxygen atoms in total. The third-order valence-electron chi connectivity index (χ3n) is 2.84. The quantitative estimate of drug-likeness (QED) is 0.718. The lowest BCUT2D eigenvalue weighted by Crippen LogP contribution is -2.37. The van der Waals surface area contributed by atoms with Crippen LogP contribution < -0.4 is 0 Å². The van der Waals surface area contributed by atoms with E-state index < -0.39 is 5.97 Å². The Balaban J connectivity index is 2.47. The number of rotatable bonds is 3. The third kappa shape index (κ3) is 3.73. The van der Waals surface area contributed by atoms with E-state index in [4.69, 9.17) is 5.11 Å². The van der Waals surface area contributed by atoms with E-state index in [0.29, 0.717) is 0 Å². The maximum absolute atomic E-state index is 11.5. The van der Waals surface area contributed by atoms with Gasteiger partial charge in [-0.1, -0.05) is 19.3 Å². The average Bonchev–Trinajstić information content (AvgIpc) is 2.26. The highest BCUT2D eigenvalue weighted by Gasteiger charge is 2.20. The molecule has 1 aliphatic rings. The Morgan fingerprint density at radius 1 is 1.20 bits per heavy atom. The molecule has 0 bridgehead atoms. The third-order valence-corrected chi connectivity index (χ3v) is 2.84. The van der Waals surface area contributed by atoms with Crippen LogP contribution in [0.4, 0.5) is 0 Å². The minimum atomic E-state index is -1.08. The summed E-state index contributed by atoms with van der Waals surface area (Å²) in [6.07, 6.45) is 7.63. The molecule has 1 amide bonds. The molecule has 0 aromatic carbocycles. The van der Waals surface area contributed by atoms with Gasteiger partial charge >= 0.3 is 5.97 Å². The molecule has 1 rings (SSSR count). The highest BCUT2D eigenvalue weighted by Crippen LogP contribution is 2.21.